The van der Waals surface area contributed by atoms with E-state index in [-0.39, 0.29) is 5.82 Å². The first-order valence-corrected chi connectivity index (χ1v) is 8.39. The maximum atomic E-state index is 12.7. The Morgan fingerprint density at radius 3 is 2.37 bits per heavy atom. The summed E-state index contributed by atoms with van der Waals surface area (Å²) in [5.41, 5.74) is 5.71. The second kappa shape index (κ2) is 6.80. The van der Waals surface area contributed by atoms with Crippen LogP contribution < -0.4 is 5.73 Å². The summed E-state index contributed by atoms with van der Waals surface area (Å²) in [6.07, 6.45) is -0.529. The lowest BCUT2D eigenvalue weighted by Crippen LogP contribution is -2.33. The number of aromatic nitrogens is 4. The monoisotopic (exact) mass is 379 g/mol. The Balaban J connectivity index is 1.85. The third kappa shape index (κ3) is 4.02. The van der Waals surface area contributed by atoms with Crippen LogP contribution in [0.2, 0.25) is 0 Å². The van der Waals surface area contributed by atoms with Gasteiger partial charge in [-0.3, -0.25) is 0 Å². The average Bonchev–Trinajstić information content (AvgIpc) is 2.99. The number of rotatable bonds is 5. The van der Waals surface area contributed by atoms with Crippen LogP contribution in [-0.4, -0.2) is 30.2 Å². The maximum Gasteiger partial charge on any atom is 0.416 e. The molecular formula is C18H20F3N5O. The van der Waals surface area contributed by atoms with Crippen LogP contribution in [0.15, 0.2) is 36.9 Å². The molecule has 0 amide bonds. The van der Waals surface area contributed by atoms with Crippen molar-refractivity contribution < 1.29 is 18.3 Å². The number of hydrogen-bond acceptors (Lipinski definition) is 5. The standard InChI is InChI=1S/C18H20F3N5O/c1-17(2,27)13(26-10-25-14-15(22)23-9-24-16(14)26)8-5-11-3-6-12(7-4-11)18(19,20)21/h3-4,6-7,9-10,13,27H,5,8H2,1-2H3,(H2,22,23,24)/t13-/m1/s1. The highest BCUT2D eigenvalue weighted by Crippen LogP contribution is 2.32. The van der Waals surface area contributed by atoms with Crippen molar-refractivity contribution in [2.75, 3.05) is 5.73 Å². The largest absolute Gasteiger partial charge is 0.416 e. The Hall–Kier alpha value is -2.68. The summed E-state index contributed by atoms with van der Waals surface area (Å²) in [5, 5.41) is 10.6. The van der Waals surface area contributed by atoms with Crippen LogP contribution in [0.25, 0.3) is 11.2 Å². The molecule has 144 valence electrons. The highest BCUT2D eigenvalue weighted by atomic mass is 19.4. The SMILES string of the molecule is CC(C)(O)[C@@H](CCc1ccc(C(F)(F)F)cc1)n1cnc2c(N)ncnc21. The molecule has 3 N–H and O–H groups in total. The number of hydrogen-bond donors (Lipinski definition) is 2. The highest BCUT2D eigenvalue weighted by Gasteiger charge is 2.31. The lowest BCUT2D eigenvalue weighted by atomic mass is 9.92. The minimum absolute atomic E-state index is 0.246. The van der Waals surface area contributed by atoms with Crippen molar-refractivity contribution >= 4 is 17.0 Å². The van der Waals surface area contributed by atoms with Gasteiger partial charge >= 0.3 is 6.18 Å². The molecule has 1 atom stereocenters. The fraction of sp³-hybridized carbons (Fsp3) is 0.389. The maximum absolute atomic E-state index is 12.7. The number of alkyl halides is 3. The number of anilines is 1. The number of nitrogen functional groups attached to an aromatic ring is 1. The normalized spacial score (nSPS) is 13.9. The van der Waals surface area contributed by atoms with Crippen molar-refractivity contribution in [1.29, 1.82) is 0 Å². The van der Waals surface area contributed by atoms with Crippen LogP contribution in [0.3, 0.4) is 0 Å². The summed E-state index contributed by atoms with van der Waals surface area (Å²) in [5.74, 6) is 0.246. The van der Waals surface area contributed by atoms with Gasteiger partial charge in [0.15, 0.2) is 11.5 Å². The molecule has 0 bridgehead atoms. The average molecular weight is 379 g/mol. The fourth-order valence-corrected chi connectivity index (χ4v) is 3.09. The van der Waals surface area contributed by atoms with Crippen molar-refractivity contribution in [2.24, 2.45) is 0 Å². The van der Waals surface area contributed by atoms with Crippen molar-refractivity contribution in [1.82, 2.24) is 19.5 Å². The molecule has 6 nitrogen and oxygen atoms in total. The molecule has 27 heavy (non-hydrogen) atoms. The number of aliphatic hydroxyl groups is 1. The first-order chi connectivity index (χ1) is 12.6. The Bertz CT molecular complexity index is 929. The van der Waals surface area contributed by atoms with E-state index >= 15 is 0 Å². The lowest BCUT2D eigenvalue weighted by molar-refractivity contribution is -0.137. The first-order valence-electron chi connectivity index (χ1n) is 8.39. The van der Waals surface area contributed by atoms with E-state index in [9.17, 15) is 18.3 Å². The summed E-state index contributed by atoms with van der Waals surface area (Å²) in [7, 11) is 0. The molecular weight excluding hydrogens is 359 g/mol. The lowest BCUT2D eigenvalue weighted by Gasteiger charge is -2.30. The third-order valence-electron chi connectivity index (χ3n) is 4.53. The minimum atomic E-state index is -4.36. The number of fused-ring (bicyclic) bond motifs is 1. The first kappa shape index (κ1) is 19.1. The molecule has 2 heterocycles. The molecule has 3 rings (SSSR count). The predicted molar refractivity (Wildman–Crippen MR) is 94.8 cm³/mol. The van der Waals surface area contributed by atoms with Crippen molar-refractivity contribution in [2.45, 2.75) is 44.5 Å². The molecule has 0 aliphatic rings. The topological polar surface area (TPSA) is 89.8 Å². The summed E-state index contributed by atoms with van der Waals surface area (Å²) in [6, 6.07) is 4.63. The molecule has 0 radical (unpaired) electrons. The quantitative estimate of drug-likeness (QED) is 0.709. The van der Waals surface area contributed by atoms with Gasteiger partial charge in [-0.1, -0.05) is 12.1 Å². The van der Waals surface area contributed by atoms with E-state index in [0.29, 0.717) is 24.0 Å². The molecule has 0 unspecified atom stereocenters. The molecule has 0 saturated heterocycles. The molecule has 0 spiro atoms. The Labute approximate surface area is 153 Å². The van der Waals surface area contributed by atoms with E-state index in [1.54, 1.807) is 24.7 Å². The Morgan fingerprint density at radius 1 is 1.11 bits per heavy atom. The molecule has 0 fully saturated rings. The summed E-state index contributed by atoms with van der Waals surface area (Å²) < 4.78 is 39.8. The van der Waals surface area contributed by atoms with Crippen molar-refractivity contribution in [3.8, 4) is 0 Å². The smallest absolute Gasteiger partial charge is 0.388 e. The minimum Gasteiger partial charge on any atom is -0.388 e. The number of nitrogens with two attached hydrogens (primary N) is 1. The van der Waals surface area contributed by atoms with Gasteiger partial charge < -0.3 is 15.4 Å². The van der Waals surface area contributed by atoms with Gasteiger partial charge in [0.25, 0.3) is 0 Å². The fourth-order valence-electron chi connectivity index (χ4n) is 3.09. The molecule has 0 aliphatic heterocycles. The van der Waals surface area contributed by atoms with E-state index in [1.807, 2.05) is 0 Å². The van der Waals surface area contributed by atoms with E-state index in [1.165, 1.54) is 18.5 Å². The number of aryl methyl sites for hydroxylation is 1. The van der Waals surface area contributed by atoms with Gasteiger partial charge in [-0.25, -0.2) is 15.0 Å². The van der Waals surface area contributed by atoms with E-state index in [4.69, 9.17) is 5.73 Å². The highest BCUT2D eigenvalue weighted by molar-refractivity contribution is 5.81. The summed E-state index contributed by atoms with van der Waals surface area (Å²) in [4.78, 5) is 12.3. The zero-order valence-corrected chi connectivity index (χ0v) is 14.9. The van der Waals surface area contributed by atoms with Crippen LogP contribution in [0.5, 0.6) is 0 Å². The molecule has 0 aliphatic carbocycles. The molecule has 9 heteroatoms. The van der Waals surface area contributed by atoms with Crippen LogP contribution in [0.4, 0.5) is 19.0 Å². The zero-order valence-electron chi connectivity index (χ0n) is 14.9. The third-order valence-corrected chi connectivity index (χ3v) is 4.53. The van der Waals surface area contributed by atoms with Crippen LogP contribution in [0, 0.1) is 0 Å². The number of benzene rings is 1. The Kier molecular flexibility index (Phi) is 4.81. The van der Waals surface area contributed by atoms with Gasteiger partial charge in [0.05, 0.1) is 23.5 Å². The second-order valence-electron chi connectivity index (χ2n) is 6.99. The van der Waals surface area contributed by atoms with Gasteiger partial charge in [-0.2, -0.15) is 13.2 Å². The summed E-state index contributed by atoms with van der Waals surface area (Å²) >= 11 is 0. The van der Waals surface area contributed by atoms with Gasteiger partial charge in [-0.05, 0) is 44.4 Å². The van der Waals surface area contributed by atoms with E-state index in [0.717, 1.165) is 17.7 Å². The number of nitrogens with zero attached hydrogens (tertiary/aromatic N) is 4. The van der Waals surface area contributed by atoms with Gasteiger partial charge in [0, 0.05) is 0 Å². The van der Waals surface area contributed by atoms with Crippen molar-refractivity contribution in [3.63, 3.8) is 0 Å². The van der Waals surface area contributed by atoms with E-state index < -0.39 is 23.4 Å². The molecule has 0 saturated carbocycles. The van der Waals surface area contributed by atoms with Gasteiger partial charge in [0.1, 0.15) is 11.8 Å². The molecule has 1 aromatic carbocycles. The van der Waals surface area contributed by atoms with Crippen LogP contribution in [0.1, 0.15) is 37.4 Å². The van der Waals surface area contributed by atoms with E-state index in [2.05, 4.69) is 15.0 Å². The van der Waals surface area contributed by atoms with Crippen LogP contribution in [-0.2, 0) is 12.6 Å². The van der Waals surface area contributed by atoms with Crippen molar-refractivity contribution in [3.05, 3.63) is 48.0 Å². The Morgan fingerprint density at radius 2 is 1.78 bits per heavy atom. The molecule has 2 aromatic heterocycles. The number of halogens is 3. The van der Waals surface area contributed by atoms with Gasteiger partial charge in [0.2, 0.25) is 0 Å². The molecule has 3 aromatic rings. The van der Waals surface area contributed by atoms with Gasteiger partial charge in [-0.15, -0.1) is 0 Å². The summed E-state index contributed by atoms with van der Waals surface area (Å²) in [6.45, 7) is 3.33. The van der Waals surface area contributed by atoms with Crippen LogP contribution >= 0.6 is 0 Å². The zero-order chi connectivity index (χ0) is 19.8. The second-order valence-corrected chi connectivity index (χ2v) is 6.99. The number of imidazole rings is 1. The predicted octanol–water partition coefficient (Wildman–Crippen LogP) is 3.37.